The number of nitrogens with one attached hydrogen (secondary N) is 1. The van der Waals surface area contributed by atoms with Crippen LogP contribution in [0.2, 0.25) is 0 Å². The molecule has 20 nitrogen and oxygen atoms in total. The van der Waals surface area contributed by atoms with Gasteiger partial charge in [0.1, 0.15) is 54.2 Å². The molecule has 6 rings (SSSR count). The number of nitrogens with zero attached hydrogens (tertiary/aromatic N) is 5. The second-order valence-corrected chi connectivity index (χ2v) is 12.2. The first kappa shape index (κ1) is 29.1. The Morgan fingerprint density at radius 2 is 1.76 bits per heavy atom. The summed E-state index contributed by atoms with van der Waals surface area (Å²) in [4.78, 5) is 44.2. The number of phosphoric acid groups is 2. The van der Waals surface area contributed by atoms with E-state index in [9.17, 15) is 28.8 Å². The molecule has 8 N–H and O–H groups in total. The Hall–Kier alpha value is -2.94. The molecule has 0 saturated carbocycles. The van der Waals surface area contributed by atoms with Crippen LogP contribution in [-0.2, 0) is 36.7 Å². The zero-order chi connectivity index (χ0) is 30.0. The third kappa shape index (κ3) is 5.33. The van der Waals surface area contributed by atoms with Gasteiger partial charge in [0.25, 0.3) is 5.91 Å². The summed E-state index contributed by atoms with van der Waals surface area (Å²) in [5.74, 6) is -0.903. The molecule has 6 heterocycles. The minimum absolute atomic E-state index is 0.000701. The lowest BCUT2D eigenvalue weighted by molar-refractivity contribution is -0.0554. The first-order valence-electron chi connectivity index (χ1n) is 12.1. The third-order valence-electron chi connectivity index (χ3n) is 6.74. The van der Waals surface area contributed by atoms with Gasteiger partial charge in [-0.05, 0) is 6.07 Å². The number of hydrogen-bond acceptors (Lipinski definition) is 15. The summed E-state index contributed by atoms with van der Waals surface area (Å²) in [6.07, 6.45) is -11.2. The lowest BCUT2D eigenvalue weighted by Gasteiger charge is -2.24. The Bertz CT molecular complexity index is 1610. The monoisotopic (exact) mass is 636 g/mol. The number of rotatable bonds is 3. The first-order chi connectivity index (χ1) is 19.8. The van der Waals surface area contributed by atoms with E-state index in [0.717, 1.165) is 23.3 Å². The average molecular weight is 636 g/mol. The molecule has 0 aliphatic carbocycles. The topological polar surface area (TPSA) is 292 Å². The van der Waals surface area contributed by atoms with E-state index in [1.165, 1.54) is 0 Å². The summed E-state index contributed by atoms with van der Waals surface area (Å²) in [6, 6.07) is 1.16. The van der Waals surface area contributed by atoms with E-state index in [1.807, 2.05) is 0 Å². The highest BCUT2D eigenvalue weighted by atomic mass is 31.2. The number of aliphatic hydroxyl groups excluding tert-OH is 1. The number of aromatic amines is 1. The van der Waals surface area contributed by atoms with E-state index >= 15 is 4.39 Å². The van der Waals surface area contributed by atoms with Crippen LogP contribution in [0.15, 0.2) is 18.7 Å². The molecule has 0 spiro atoms. The maximum absolute atomic E-state index is 15.8. The highest BCUT2D eigenvalue weighted by Crippen LogP contribution is 2.54. The molecule has 0 aromatic carbocycles. The number of anilines is 1. The number of alkyl halides is 1. The number of aromatic nitrogens is 6. The summed E-state index contributed by atoms with van der Waals surface area (Å²) in [6.45, 7) is -1.72. The minimum Gasteiger partial charge on any atom is -0.387 e. The Balaban J connectivity index is 1.29. The number of imidazole rings is 1. The fourth-order valence-corrected chi connectivity index (χ4v) is 6.68. The van der Waals surface area contributed by atoms with E-state index in [4.69, 9.17) is 39.0 Å². The van der Waals surface area contributed by atoms with Gasteiger partial charge in [0.15, 0.2) is 23.9 Å². The van der Waals surface area contributed by atoms with Gasteiger partial charge in [-0.25, -0.2) is 28.5 Å². The maximum atomic E-state index is 15.8. The zero-order valence-electron chi connectivity index (χ0n) is 20.9. The number of carbonyl (C=O) groups is 1. The zero-order valence-corrected chi connectivity index (χ0v) is 22.7. The Labute approximate surface area is 233 Å². The molecule has 0 radical (unpaired) electrons. The van der Waals surface area contributed by atoms with Gasteiger partial charge in [0, 0.05) is 0 Å². The number of nitrogens with two attached hydrogens (primary N) is 2. The predicted molar refractivity (Wildman–Crippen MR) is 131 cm³/mol. The molecule has 3 aromatic heterocycles. The van der Waals surface area contributed by atoms with Crippen LogP contribution in [0.5, 0.6) is 0 Å². The molecule has 10 atom stereocenters. The van der Waals surface area contributed by atoms with Crippen LogP contribution in [0.3, 0.4) is 0 Å². The van der Waals surface area contributed by atoms with E-state index < -0.39 is 83.8 Å². The second-order valence-electron chi connectivity index (χ2n) is 9.42. The number of primary amides is 1. The molecule has 1 amide bonds. The number of carbonyl (C=O) groups excluding carboxylic acids is 1. The van der Waals surface area contributed by atoms with E-state index in [2.05, 4.69) is 25.1 Å². The molecule has 42 heavy (non-hydrogen) atoms. The summed E-state index contributed by atoms with van der Waals surface area (Å²) >= 11 is 0. The van der Waals surface area contributed by atoms with Crippen molar-refractivity contribution < 1.29 is 60.8 Å². The number of H-pyrrole nitrogens is 1. The number of hydrogen-bond donors (Lipinski definition) is 6. The Kier molecular flexibility index (Phi) is 7.39. The number of aliphatic hydroxyl groups is 1. The van der Waals surface area contributed by atoms with Crippen LogP contribution >= 0.6 is 15.6 Å². The van der Waals surface area contributed by atoms with Crippen molar-refractivity contribution in [1.82, 2.24) is 29.7 Å². The molecule has 3 aliphatic heterocycles. The SMILES string of the molecule is NC(=O)c1cc([C@@H]2O[C@@H]3COP(=O)(O)O[C@H]4[C@@H](F)[C@H](n5cnc6c(N)ncnc65)O[C@@H]4COP(=O)(O)O[C@@H]2[C@@H]3O)[nH]n1. The molecular weight excluding hydrogens is 613 g/mol. The van der Waals surface area contributed by atoms with Crippen LogP contribution in [0.25, 0.3) is 11.2 Å². The van der Waals surface area contributed by atoms with Crippen LogP contribution in [0, 0.1) is 0 Å². The summed E-state index contributed by atoms with van der Waals surface area (Å²) in [5, 5.41) is 16.9. The second kappa shape index (κ2) is 10.6. The van der Waals surface area contributed by atoms with Gasteiger partial charge >= 0.3 is 15.6 Å². The van der Waals surface area contributed by atoms with Gasteiger partial charge in [-0.15, -0.1) is 0 Å². The molecule has 3 fully saturated rings. The molecule has 23 heteroatoms. The fourth-order valence-electron chi connectivity index (χ4n) is 4.79. The van der Waals surface area contributed by atoms with Crippen molar-refractivity contribution >= 4 is 38.5 Å². The predicted octanol–water partition coefficient (Wildman–Crippen LogP) is -1.01. The lowest BCUT2D eigenvalue weighted by atomic mass is 10.1. The van der Waals surface area contributed by atoms with E-state index in [0.29, 0.717) is 0 Å². The van der Waals surface area contributed by atoms with Crippen LogP contribution in [0.4, 0.5) is 10.2 Å². The van der Waals surface area contributed by atoms with Crippen molar-refractivity contribution in [2.24, 2.45) is 5.73 Å². The first-order valence-corrected chi connectivity index (χ1v) is 15.1. The van der Waals surface area contributed by atoms with Crippen LogP contribution < -0.4 is 11.5 Å². The standard InChI is InChI=1S/C19H23FN8O12P2/c20-10-14-9(38-19(10)28-5-25-11-16(21)23-4-24-18(11)28)3-36-42(33,34)40-15-12(29)8(2-35-41(31,32)39-14)37-13(15)6-1-7(17(22)30)27-26-6/h1,4-5,8-10,12-15,19,29H,2-3H2,(H2,22,30)(H,26,27)(H,31,32)(H,33,34)(H2,21,23,24)/t8-,9-,10-,12-,13+,14-,15-,19-/m1/s1. The van der Waals surface area contributed by atoms with Gasteiger partial charge in [0.05, 0.1) is 25.2 Å². The summed E-state index contributed by atoms with van der Waals surface area (Å²) in [7, 11) is -10.2. The molecule has 228 valence electrons. The van der Waals surface area contributed by atoms with Gasteiger partial charge in [-0.1, -0.05) is 0 Å². The van der Waals surface area contributed by atoms with Gasteiger partial charge < -0.3 is 35.8 Å². The number of halogens is 1. The third-order valence-corrected chi connectivity index (χ3v) is 8.71. The molecule has 3 aliphatic rings. The van der Waals surface area contributed by atoms with Crippen molar-refractivity contribution in [3.63, 3.8) is 0 Å². The van der Waals surface area contributed by atoms with E-state index in [-0.39, 0.29) is 28.4 Å². The van der Waals surface area contributed by atoms with Gasteiger partial charge in [-0.2, -0.15) is 5.10 Å². The van der Waals surface area contributed by atoms with E-state index in [1.54, 1.807) is 0 Å². The summed E-state index contributed by atoms with van der Waals surface area (Å²) < 4.78 is 74.4. The van der Waals surface area contributed by atoms with Crippen molar-refractivity contribution in [1.29, 1.82) is 0 Å². The number of phosphoric ester groups is 2. The molecule has 3 saturated heterocycles. The minimum atomic E-state index is -5.10. The Morgan fingerprint density at radius 3 is 2.45 bits per heavy atom. The lowest BCUT2D eigenvalue weighted by Crippen LogP contribution is -2.34. The van der Waals surface area contributed by atoms with Gasteiger partial charge in [0.2, 0.25) is 0 Å². The highest BCUT2D eigenvalue weighted by Gasteiger charge is 2.54. The van der Waals surface area contributed by atoms with Crippen molar-refractivity contribution in [2.45, 2.75) is 49.0 Å². The quantitative estimate of drug-likeness (QED) is 0.188. The maximum Gasteiger partial charge on any atom is 0.472 e. The molecule has 2 unspecified atom stereocenters. The molecule has 2 bridgehead atoms. The molecule has 3 aromatic rings. The Morgan fingerprint density at radius 1 is 1.07 bits per heavy atom. The highest BCUT2D eigenvalue weighted by molar-refractivity contribution is 7.47. The van der Waals surface area contributed by atoms with Crippen LogP contribution in [-0.4, -0.2) is 100 Å². The average Bonchev–Trinajstić information content (AvgIpc) is 3.69. The number of ether oxygens (including phenoxy) is 2. The van der Waals surface area contributed by atoms with Gasteiger partial charge in [-0.3, -0.25) is 32.6 Å². The number of amides is 1. The summed E-state index contributed by atoms with van der Waals surface area (Å²) in [5.41, 5.74) is 11.0. The number of fused-ring (bicyclic) bond motifs is 4. The smallest absolute Gasteiger partial charge is 0.387 e. The fraction of sp³-hybridized carbons (Fsp3) is 0.526. The van der Waals surface area contributed by atoms with Crippen molar-refractivity contribution in [3.8, 4) is 0 Å². The number of nitrogen functional groups attached to an aromatic ring is 1. The molecular formula is C19H23FN8O12P2. The van der Waals surface area contributed by atoms with Crippen molar-refractivity contribution in [3.05, 3.63) is 30.1 Å². The normalized spacial score (nSPS) is 39.3. The van der Waals surface area contributed by atoms with Crippen molar-refractivity contribution in [2.75, 3.05) is 18.9 Å². The van der Waals surface area contributed by atoms with Crippen LogP contribution in [0.1, 0.15) is 28.5 Å². The largest absolute Gasteiger partial charge is 0.472 e.